The maximum absolute atomic E-state index is 13.2. The van der Waals surface area contributed by atoms with Crippen molar-refractivity contribution in [3.63, 3.8) is 0 Å². The highest BCUT2D eigenvalue weighted by Crippen LogP contribution is 2.33. The Labute approximate surface area is 147 Å². The SMILES string of the molecule is Cc1cn(-c2cc(NCc3cnn(CCO)c3)cc(C(F)(F)F)c2)cn1. The first kappa shape index (κ1) is 18.0. The fraction of sp³-hybridized carbons (Fsp3) is 0.294. The van der Waals surface area contributed by atoms with E-state index in [1.165, 1.54) is 6.33 Å². The maximum Gasteiger partial charge on any atom is 0.416 e. The number of halogens is 3. The van der Waals surface area contributed by atoms with Gasteiger partial charge in [-0.1, -0.05) is 0 Å². The summed E-state index contributed by atoms with van der Waals surface area (Å²) in [6.07, 6.45) is 2.03. The minimum Gasteiger partial charge on any atom is -0.394 e. The van der Waals surface area contributed by atoms with Crippen LogP contribution in [0.5, 0.6) is 0 Å². The Kier molecular flexibility index (Phi) is 4.99. The van der Waals surface area contributed by atoms with E-state index in [9.17, 15) is 13.2 Å². The zero-order chi connectivity index (χ0) is 18.7. The van der Waals surface area contributed by atoms with Crippen molar-refractivity contribution in [1.82, 2.24) is 19.3 Å². The van der Waals surface area contributed by atoms with Gasteiger partial charge in [-0.05, 0) is 25.1 Å². The Morgan fingerprint density at radius 2 is 2.00 bits per heavy atom. The molecule has 0 aliphatic heterocycles. The number of nitrogens with zero attached hydrogens (tertiary/aromatic N) is 4. The third-order valence-corrected chi connectivity index (χ3v) is 3.77. The summed E-state index contributed by atoms with van der Waals surface area (Å²) in [7, 11) is 0. The number of aryl methyl sites for hydroxylation is 1. The molecule has 0 atom stereocenters. The average molecular weight is 365 g/mol. The number of hydrogen-bond donors (Lipinski definition) is 2. The fourth-order valence-electron chi connectivity index (χ4n) is 2.51. The lowest BCUT2D eigenvalue weighted by Gasteiger charge is -2.14. The number of aliphatic hydroxyl groups excluding tert-OH is 1. The summed E-state index contributed by atoms with van der Waals surface area (Å²) in [5, 5.41) is 16.0. The Morgan fingerprint density at radius 1 is 1.19 bits per heavy atom. The van der Waals surface area contributed by atoms with Gasteiger partial charge in [0.25, 0.3) is 0 Å². The normalized spacial score (nSPS) is 11.7. The van der Waals surface area contributed by atoms with Crippen LogP contribution in [-0.2, 0) is 19.3 Å². The topological polar surface area (TPSA) is 67.9 Å². The Bertz CT molecular complexity index is 885. The number of benzene rings is 1. The van der Waals surface area contributed by atoms with Crippen LogP contribution in [0.4, 0.5) is 18.9 Å². The van der Waals surface area contributed by atoms with Crippen LogP contribution in [-0.4, -0.2) is 31.0 Å². The van der Waals surface area contributed by atoms with Crippen LogP contribution < -0.4 is 5.32 Å². The van der Waals surface area contributed by atoms with Gasteiger partial charge < -0.3 is 15.0 Å². The Hall–Kier alpha value is -2.81. The molecule has 6 nitrogen and oxygen atoms in total. The van der Waals surface area contributed by atoms with Crippen LogP contribution in [0.1, 0.15) is 16.8 Å². The van der Waals surface area contributed by atoms with Gasteiger partial charge in [-0.25, -0.2) is 4.98 Å². The Balaban J connectivity index is 1.85. The van der Waals surface area contributed by atoms with Crippen molar-refractivity contribution in [2.75, 3.05) is 11.9 Å². The molecule has 0 unspecified atom stereocenters. The minimum atomic E-state index is -4.45. The molecule has 0 amide bonds. The second-order valence-corrected chi connectivity index (χ2v) is 5.88. The molecule has 1 aromatic carbocycles. The van der Waals surface area contributed by atoms with Gasteiger partial charge in [0.1, 0.15) is 0 Å². The molecule has 0 radical (unpaired) electrons. The van der Waals surface area contributed by atoms with Crippen molar-refractivity contribution < 1.29 is 18.3 Å². The molecule has 2 N–H and O–H groups in total. The summed E-state index contributed by atoms with van der Waals surface area (Å²) >= 11 is 0. The molecule has 0 aliphatic carbocycles. The lowest BCUT2D eigenvalue weighted by molar-refractivity contribution is -0.137. The first-order valence-corrected chi connectivity index (χ1v) is 7.94. The number of imidazole rings is 1. The van der Waals surface area contributed by atoms with E-state index in [1.807, 2.05) is 0 Å². The van der Waals surface area contributed by atoms with Crippen LogP contribution in [0.25, 0.3) is 5.69 Å². The summed E-state index contributed by atoms with van der Waals surface area (Å²) in [6, 6.07) is 3.80. The largest absolute Gasteiger partial charge is 0.416 e. The van der Waals surface area contributed by atoms with Gasteiger partial charge in [0.15, 0.2) is 0 Å². The van der Waals surface area contributed by atoms with Crippen molar-refractivity contribution in [3.05, 3.63) is 59.9 Å². The molecule has 2 heterocycles. The molecular formula is C17H18F3N5O. The van der Waals surface area contributed by atoms with Crippen molar-refractivity contribution >= 4 is 5.69 Å². The number of alkyl halides is 3. The smallest absolute Gasteiger partial charge is 0.394 e. The molecule has 0 fully saturated rings. The average Bonchev–Trinajstić information content (AvgIpc) is 3.21. The number of anilines is 1. The highest BCUT2D eigenvalue weighted by molar-refractivity contribution is 5.55. The van der Waals surface area contributed by atoms with E-state index < -0.39 is 11.7 Å². The minimum absolute atomic E-state index is 0.0319. The molecule has 3 rings (SSSR count). The van der Waals surface area contributed by atoms with Crippen LogP contribution in [0.15, 0.2) is 43.1 Å². The first-order valence-electron chi connectivity index (χ1n) is 7.94. The predicted molar refractivity (Wildman–Crippen MR) is 89.9 cm³/mol. The van der Waals surface area contributed by atoms with E-state index >= 15 is 0 Å². The van der Waals surface area contributed by atoms with Crippen molar-refractivity contribution in [2.45, 2.75) is 26.2 Å². The molecule has 0 aliphatic rings. The molecule has 3 aromatic rings. The van der Waals surface area contributed by atoms with Crippen LogP contribution in [0.3, 0.4) is 0 Å². The number of aromatic nitrogens is 4. The number of aliphatic hydroxyl groups is 1. The molecule has 0 saturated heterocycles. The van der Waals surface area contributed by atoms with Gasteiger partial charge in [-0.15, -0.1) is 0 Å². The third-order valence-electron chi connectivity index (χ3n) is 3.77. The lowest BCUT2D eigenvalue weighted by atomic mass is 10.1. The Morgan fingerprint density at radius 3 is 2.65 bits per heavy atom. The highest BCUT2D eigenvalue weighted by Gasteiger charge is 2.31. The zero-order valence-corrected chi connectivity index (χ0v) is 14.0. The van der Waals surface area contributed by atoms with E-state index in [0.717, 1.165) is 17.7 Å². The molecule has 0 spiro atoms. The van der Waals surface area contributed by atoms with E-state index in [0.29, 0.717) is 30.2 Å². The van der Waals surface area contributed by atoms with Gasteiger partial charge in [-0.3, -0.25) is 4.68 Å². The van der Waals surface area contributed by atoms with Gasteiger partial charge in [-0.2, -0.15) is 18.3 Å². The molecule has 2 aromatic heterocycles. The molecule has 9 heteroatoms. The van der Waals surface area contributed by atoms with Crippen molar-refractivity contribution in [1.29, 1.82) is 0 Å². The number of hydrogen-bond acceptors (Lipinski definition) is 4. The molecule has 0 bridgehead atoms. The van der Waals surface area contributed by atoms with Crippen LogP contribution >= 0.6 is 0 Å². The molecular weight excluding hydrogens is 347 g/mol. The summed E-state index contributed by atoms with van der Waals surface area (Å²) in [5.74, 6) is 0. The van der Waals surface area contributed by atoms with Crippen LogP contribution in [0, 0.1) is 6.92 Å². The van der Waals surface area contributed by atoms with Gasteiger partial charge in [0.2, 0.25) is 0 Å². The summed E-state index contributed by atoms with van der Waals surface area (Å²) in [5.41, 5.74) is 1.50. The van der Waals surface area contributed by atoms with E-state index in [1.54, 1.807) is 40.8 Å². The standard InChI is InChI=1S/C17H18F3N5O/c1-12-9-24(11-22-12)16-5-14(17(18,19)20)4-15(6-16)21-7-13-8-23-25(10-13)2-3-26/h4-6,8-11,21,26H,2-3,7H2,1H3. The van der Waals surface area contributed by atoms with Crippen molar-refractivity contribution in [2.24, 2.45) is 0 Å². The lowest BCUT2D eigenvalue weighted by Crippen LogP contribution is -2.08. The van der Waals surface area contributed by atoms with Crippen LogP contribution in [0.2, 0.25) is 0 Å². The van der Waals surface area contributed by atoms with E-state index in [-0.39, 0.29) is 6.61 Å². The fourth-order valence-corrected chi connectivity index (χ4v) is 2.51. The summed E-state index contributed by atoms with van der Waals surface area (Å²) < 4.78 is 42.8. The van der Waals surface area contributed by atoms with Gasteiger partial charge >= 0.3 is 6.18 Å². The quantitative estimate of drug-likeness (QED) is 0.705. The first-order chi connectivity index (χ1) is 12.3. The summed E-state index contributed by atoms with van der Waals surface area (Å²) in [6.45, 7) is 2.42. The zero-order valence-electron chi connectivity index (χ0n) is 14.0. The maximum atomic E-state index is 13.2. The number of nitrogens with one attached hydrogen (secondary N) is 1. The van der Waals surface area contributed by atoms with Gasteiger partial charge in [0, 0.05) is 35.9 Å². The highest BCUT2D eigenvalue weighted by atomic mass is 19.4. The molecule has 0 saturated carbocycles. The monoisotopic (exact) mass is 365 g/mol. The van der Waals surface area contributed by atoms with Gasteiger partial charge in [0.05, 0.1) is 36.9 Å². The molecule has 26 heavy (non-hydrogen) atoms. The van der Waals surface area contributed by atoms with E-state index in [4.69, 9.17) is 5.11 Å². The van der Waals surface area contributed by atoms with E-state index in [2.05, 4.69) is 15.4 Å². The number of rotatable bonds is 6. The van der Waals surface area contributed by atoms with Crippen molar-refractivity contribution in [3.8, 4) is 5.69 Å². The predicted octanol–water partition coefficient (Wildman–Crippen LogP) is 3.00. The second kappa shape index (κ2) is 7.20. The summed E-state index contributed by atoms with van der Waals surface area (Å²) in [4.78, 5) is 4.06. The molecule has 138 valence electrons. The second-order valence-electron chi connectivity index (χ2n) is 5.88. The third kappa shape index (κ3) is 4.23.